The zero-order chi connectivity index (χ0) is 22.3. The number of amides is 2. The van der Waals surface area contributed by atoms with Crippen molar-refractivity contribution in [1.82, 2.24) is 15.6 Å². The Balaban J connectivity index is 1.35. The highest BCUT2D eigenvalue weighted by Crippen LogP contribution is 2.34. The van der Waals surface area contributed by atoms with Gasteiger partial charge in [-0.05, 0) is 67.9 Å². The van der Waals surface area contributed by atoms with Crippen molar-refractivity contribution >= 4 is 34.8 Å². The average molecular weight is 468 g/mol. The first-order chi connectivity index (χ1) is 15.6. The van der Waals surface area contributed by atoms with Crippen molar-refractivity contribution in [2.24, 2.45) is 5.92 Å². The van der Waals surface area contributed by atoms with Crippen LogP contribution in [0.2, 0.25) is 5.02 Å². The molecular formula is C25H26ClN3O2S. The summed E-state index contributed by atoms with van der Waals surface area (Å²) in [7, 11) is 0. The third-order valence-electron chi connectivity index (χ3n) is 5.47. The van der Waals surface area contributed by atoms with Crippen LogP contribution < -0.4 is 10.6 Å². The summed E-state index contributed by atoms with van der Waals surface area (Å²) in [6, 6.07) is 17.2. The predicted molar refractivity (Wildman–Crippen MR) is 128 cm³/mol. The van der Waals surface area contributed by atoms with Gasteiger partial charge in [-0.15, -0.1) is 11.3 Å². The topological polar surface area (TPSA) is 71.1 Å². The highest BCUT2D eigenvalue weighted by atomic mass is 35.5. The van der Waals surface area contributed by atoms with E-state index in [9.17, 15) is 9.59 Å². The number of aromatic nitrogens is 1. The third-order valence-corrected chi connectivity index (χ3v) is 6.80. The lowest BCUT2D eigenvalue weighted by Crippen LogP contribution is -2.39. The molecule has 7 heteroatoms. The zero-order valence-corrected chi connectivity index (χ0v) is 19.3. The van der Waals surface area contributed by atoms with Crippen molar-refractivity contribution in [1.29, 1.82) is 0 Å². The minimum absolute atomic E-state index is 0.0522. The molecule has 1 fully saturated rings. The molecule has 1 aromatic carbocycles. The van der Waals surface area contributed by atoms with E-state index in [0.717, 1.165) is 22.8 Å². The number of thiophene rings is 1. The van der Waals surface area contributed by atoms with Gasteiger partial charge in [0.05, 0.1) is 9.90 Å². The Labute approximate surface area is 197 Å². The van der Waals surface area contributed by atoms with Gasteiger partial charge in [0.1, 0.15) is 5.69 Å². The lowest BCUT2D eigenvalue weighted by atomic mass is 10.0. The molecule has 0 saturated heterocycles. The first kappa shape index (κ1) is 22.5. The third kappa shape index (κ3) is 6.65. The monoisotopic (exact) mass is 467 g/mol. The van der Waals surface area contributed by atoms with Gasteiger partial charge in [0.15, 0.2) is 0 Å². The Morgan fingerprint density at radius 3 is 2.59 bits per heavy atom. The standard InChI is InChI=1S/C25H26ClN3O2S/c26-19-8-10-22(28-16-19)24(30)27-13-12-20(14-17-4-2-1-3-5-17)29-25(31)23-11-9-21(32-23)15-18-6-7-18/h1-5,8-11,16,18,20H,6-7,12-15H2,(H,27,30)(H,29,31). The van der Waals surface area contributed by atoms with Crippen molar-refractivity contribution in [3.8, 4) is 0 Å². The maximum Gasteiger partial charge on any atom is 0.269 e. The van der Waals surface area contributed by atoms with Crippen LogP contribution in [0.4, 0.5) is 0 Å². The van der Waals surface area contributed by atoms with Crippen LogP contribution in [-0.4, -0.2) is 29.4 Å². The molecule has 4 rings (SSSR count). The Morgan fingerprint density at radius 2 is 1.88 bits per heavy atom. The van der Waals surface area contributed by atoms with Crippen molar-refractivity contribution < 1.29 is 9.59 Å². The molecule has 166 valence electrons. The summed E-state index contributed by atoms with van der Waals surface area (Å²) in [6.45, 7) is 0.429. The molecule has 1 aliphatic rings. The van der Waals surface area contributed by atoms with Gasteiger partial charge in [0.25, 0.3) is 11.8 Å². The molecule has 0 bridgehead atoms. The summed E-state index contributed by atoms with van der Waals surface area (Å²) in [4.78, 5) is 31.3. The molecule has 32 heavy (non-hydrogen) atoms. The van der Waals surface area contributed by atoms with E-state index in [4.69, 9.17) is 11.6 Å². The van der Waals surface area contributed by atoms with E-state index in [0.29, 0.717) is 30.1 Å². The van der Waals surface area contributed by atoms with Crippen LogP contribution >= 0.6 is 22.9 Å². The first-order valence-corrected chi connectivity index (χ1v) is 12.1. The number of carbonyl (C=O) groups is 2. The predicted octanol–water partition coefficient (Wildman–Crippen LogP) is 4.91. The molecule has 5 nitrogen and oxygen atoms in total. The van der Waals surface area contributed by atoms with Gasteiger partial charge in [-0.1, -0.05) is 41.9 Å². The van der Waals surface area contributed by atoms with Gasteiger partial charge < -0.3 is 10.6 Å². The summed E-state index contributed by atoms with van der Waals surface area (Å²) in [5, 5.41) is 6.55. The van der Waals surface area contributed by atoms with E-state index >= 15 is 0 Å². The van der Waals surface area contributed by atoms with E-state index in [1.807, 2.05) is 36.4 Å². The number of halogens is 1. The molecular weight excluding hydrogens is 442 g/mol. The molecule has 1 unspecified atom stereocenters. The molecule has 0 radical (unpaired) electrons. The van der Waals surface area contributed by atoms with Crippen molar-refractivity contribution in [2.45, 2.75) is 38.1 Å². The van der Waals surface area contributed by atoms with Crippen LogP contribution in [0.5, 0.6) is 0 Å². The van der Waals surface area contributed by atoms with E-state index in [2.05, 4.69) is 21.7 Å². The smallest absolute Gasteiger partial charge is 0.269 e. The second kappa shape index (κ2) is 10.7. The normalized spacial score (nSPS) is 14.0. The van der Waals surface area contributed by atoms with Crippen LogP contribution in [0, 0.1) is 5.92 Å². The van der Waals surface area contributed by atoms with Crippen LogP contribution in [-0.2, 0) is 12.8 Å². The molecule has 2 heterocycles. The van der Waals surface area contributed by atoms with E-state index in [-0.39, 0.29) is 17.9 Å². The number of benzene rings is 1. The molecule has 2 aromatic heterocycles. The highest BCUT2D eigenvalue weighted by molar-refractivity contribution is 7.14. The van der Waals surface area contributed by atoms with Crippen LogP contribution in [0.3, 0.4) is 0 Å². The molecule has 0 spiro atoms. The first-order valence-electron chi connectivity index (χ1n) is 10.9. The van der Waals surface area contributed by atoms with E-state index in [1.54, 1.807) is 23.5 Å². The zero-order valence-electron chi connectivity index (χ0n) is 17.7. The molecule has 1 saturated carbocycles. The second-order valence-electron chi connectivity index (χ2n) is 8.18. The van der Waals surface area contributed by atoms with Gasteiger partial charge in [-0.3, -0.25) is 9.59 Å². The number of nitrogens with zero attached hydrogens (tertiary/aromatic N) is 1. The second-order valence-corrected chi connectivity index (χ2v) is 9.78. The number of pyridine rings is 1. The van der Waals surface area contributed by atoms with Gasteiger partial charge >= 0.3 is 0 Å². The molecule has 1 aliphatic carbocycles. The fourth-order valence-electron chi connectivity index (χ4n) is 3.56. The van der Waals surface area contributed by atoms with Crippen LogP contribution in [0.15, 0.2) is 60.8 Å². The highest BCUT2D eigenvalue weighted by Gasteiger charge is 2.23. The minimum Gasteiger partial charge on any atom is -0.351 e. The summed E-state index contributed by atoms with van der Waals surface area (Å²) in [5.41, 5.74) is 1.46. The average Bonchev–Trinajstić information content (AvgIpc) is 3.48. The van der Waals surface area contributed by atoms with Crippen LogP contribution in [0.25, 0.3) is 0 Å². The van der Waals surface area contributed by atoms with Crippen molar-refractivity contribution in [3.63, 3.8) is 0 Å². The summed E-state index contributed by atoms with van der Waals surface area (Å²) in [6.07, 6.45) is 6.44. The fraction of sp³-hybridized carbons (Fsp3) is 0.320. The Bertz CT molecular complexity index is 1050. The Morgan fingerprint density at radius 1 is 1.06 bits per heavy atom. The van der Waals surface area contributed by atoms with E-state index < -0.39 is 0 Å². The van der Waals surface area contributed by atoms with Crippen molar-refractivity contribution in [3.05, 3.63) is 86.8 Å². The number of hydrogen-bond donors (Lipinski definition) is 2. The number of rotatable bonds is 10. The summed E-state index contributed by atoms with van der Waals surface area (Å²) in [5.74, 6) is 0.493. The van der Waals surface area contributed by atoms with E-state index in [1.165, 1.54) is 23.9 Å². The maximum atomic E-state index is 12.9. The fourth-order valence-corrected chi connectivity index (χ4v) is 4.69. The van der Waals surface area contributed by atoms with Crippen molar-refractivity contribution in [2.75, 3.05) is 6.54 Å². The molecule has 3 aromatic rings. The number of hydrogen-bond acceptors (Lipinski definition) is 4. The summed E-state index contributed by atoms with van der Waals surface area (Å²) < 4.78 is 0. The molecule has 0 aliphatic heterocycles. The molecule has 2 N–H and O–H groups in total. The van der Waals surface area contributed by atoms with Gasteiger partial charge in [0, 0.05) is 23.7 Å². The largest absolute Gasteiger partial charge is 0.351 e. The Kier molecular flexibility index (Phi) is 7.55. The lowest BCUT2D eigenvalue weighted by molar-refractivity contribution is 0.0936. The van der Waals surface area contributed by atoms with Gasteiger partial charge in [0.2, 0.25) is 0 Å². The summed E-state index contributed by atoms with van der Waals surface area (Å²) >= 11 is 7.42. The quantitative estimate of drug-likeness (QED) is 0.445. The Hall–Kier alpha value is -2.70. The van der Waals surface area contributed by atoms with Gasteiger partial charge in [-0.25, -0.2) is 4.98 Å². The number of carbonyl (C=O) groups excluding carboxylic acids is 2. The lowest BCUT2D eigenvalue weighted by Gasteiger charge is -2.19. The maximum absolute atomic E-state index is 12.9. The number of nitrogens with one attached hydrogen (secondary N) is 2. The molecule has 2 amide bonds. The SMILES string of the molecule is O=C(NCCC(Cc1ccccc1)NC(=O)c1ccc(CC2CC2)s1)c1ccc(Cl)cn1. The molecule has 1 atom stereocenters. The minimum atomic E-state index is -0.255. The van der Waals surface area contributed by atoms with Crippen LogP contribution in [0.1, 0.15) is 49.9 Å². The van der Waals surface area contributed by atoms with Gasteiger partial charge in [-0.2, -0.15) is 0 Å².